The summed E-state index contributed by atoms with van der Waals surface area (Å²) in [5.74, 6) is -2.40. The van der Waals surface area contributed by atoms with Crippen LogP contribution in [0.25, 0.3) is 0 Å². The summed E-state index contributed by atoms with van der Waals surface area (Å²) in [5.41, 5.74) is -1.72. The highest BCUT2D eigenvalue weighted by molar-refractivity contribution is 5.89. The van der Waals surface area contributed by atoms with Gasteiger partial charge in [0.2, 0.25) is 11.7 Å². The second-order valence-electron chi connectivity index (χ2n) is 8.80. The molecule has 1 N–H and O–H groups in total. The van der Waals surface area contributed by atoms with Crippen LogP contribution in [0.2, 0.25) is 0 Å². The van der Waals surface area contributed by atoms with E-state index < -0.39 is 28.6 Å². The van der Waals surface area contributed by atoms with Crippen molar-refractivity contribution >= 4 is 5.90 Å². The number of rotatable bonds is 8. The normalized spacial score (nSPS) is 30.6. The summed E-state index contributed by atoms with van der Waals surface area (Å²) >= 11 is 0. The highest BCUT2D eigenvalue weighted by Crippen LogP contribution is 2.66. The SMILES string of the molecule is CCCCCCCCC1OC2(c3ccc(C)cc3)OC(=N)C(C#N)(C2C)C1(C#N)C#N. The molecule has 1 aromatic carbocycles. The first kappa shape index (κ1) is 22.8. The Hall–Kier alpha value is -2.88. The summed E-state index contributed by atoms with van der Waals surface area (Å²) in [6.07, 6.45) is 5.99. The maximum Gasteiger partial charge on any atom is 0.243 e. The standard InChI is InChI=1S/C25H30N4O2/c1-4-5-6-7-8-9-10-21-23(15-26,16-27)24(17-28)19(3)25(30-21,31-22(24)29)20-13-11-18(2)12-14-20/h11-14,19,21,29H,4-10H2,1-3H3. The van der Waals surface area contributed by atoms with Gasteiger partial charge in [-0.3, -0.25) is 5.41 Å². The Morgan fingerprint density at radius 1 is 0.968 bits per heavy atom. The molecule has 2 bridgehead atoms. The molecule has 6 heteroatoms. The number of benzene rings is 1. The van der Waals surface area contributed by atoms with E-state index in [2.05, 4.69) is 25.1 Å². The summed E-state index contributed by atoms with van der Waals surface area (Å²) in [5, 5.41) is 39.2. The van der Waals surface area contributed by atoms with Crippen molar-refractivity contribution in [3.63, 3.8) is 0 Å². The van der Waals surface area contributed by atoms with Gasteiger partial charge in [-0.1, -0.05) is 82.2 Å². The van der Waals surface area contributed by atoms with Gasteiger partial charge in [-0.25, -0.2) is 0 Å². The van der Waals surface area contributed by atoms with Gasteiger partial charge in [0.1, 0.15) is 0 Å². The van der Waals surface area contributed by atoms with E-state index in [1.165, 1.54) is 12.8 Å². The lowest BCUT2D eigenvalue weighted by molar-refractivity contribution is -0.286. The topological polar surface area (TPSA) is 114 Å². The molecule has 2 aliphatic rings. The molecular formula is C25H30N4O2. The highest BCUT2D eigenvalue weighted by atomic mass is 16.7. The van der Waals surface area contributed by atoms with Crippen molar-refractivity contribution in [2.24, 2.45) is 16.7 Å². The average molecular weight is 419 g/mol. The minimum atomic E-state index is -1.80. The van der Waals surface area contributed by atoms with Crippen molar-refractivity contribution in [3.8, 4) is 18.2 Å². The Morgan fingerprint density at radius 2 is 1.58 bits per heavy atom. The van der Waals surface area contributed by atoms with E-state index in [0.717, 1.165) is 31.2 Å². The van der Waals surface area contributed by atoms with Crippen LogP contribution in [0.5, 0.6) is 0 Å². The number of fused-ring (bicyclic) bond motifs is 2. The molecule has 2 fully saturated rings. The maximum atomic E-state index is 10.3. The van der Waals surface area contributed by atoms with Crippen LogP contribution in [0, 0.1) is 63.1 Å². The minimum Gasteiger partial charge on any atom is -0.443 e. The third kappa shape index (κ3) is 3.20. The molecule has 0 aromatic heterocycles. The Morgan fingerprint density at radius 3 is 2.16 bits per heavy atom. The lowest BCUT2D eigenvalue weighted by Gasteiger charge is -2.48. The van der Waals surface area contributed by atoms with Crippen LogP contribution in [-0.4, -0.2) is 12.0 Å². The molecule has 0 radical (unpaired) electrons. The molecule has 0 amide bonds. The molecule has 0 saturated carbocycles. The average Bonchev–Trinajstić information content (AvgIpc) is 2.94. The molecule has 2 aliphatic heterocycles. The smallest absolute Gasteiger partial charge is 0.243 e. The van der Waals surface area contributed by atoms with Crippen LogP contribution in [0.4, 0.5) is 0 Å². The van der Waals surface area contributed by atoms with Crippen molar-refractivity contribution in [2.75, 3.05) is 0 Å². The summed E-state index contributed by atoms with van der Waals surface area (Å²) in [6, 6.07) is 14.0. The van der Waals surface area contributed by atoms with E-state index in [1.807, 2.05) is 31.2 Å². The molecule has 162 valence electrons. The number of nitriles is 3. The molecule has 0 spiro atoms. The van der Waals surface area contributed by atoms with Crippen LogP contribution in [-0.2, 0) is 15.3 Å². The van der Waals surface area contributed by atoms with Crippen LogP contribution < -0.4 is 0 Å². The van der Waals surface area contributed by atoms with E-state index in [4.69, 9.17) is 14.9 Å². The van der Waals surface area contributed by atoms with Crippen molar-refractivity contribution in [3.05, 3.63) is 35.4 Å². The molecule has 4 unspecified atom stereocenters. The minimum absolute atomic E-state index is 0.350. The van der Waals surface area contributed by atoms with Crippen LogP contribution in [0.3, 0.4) is 0 Å². The van der Waals surface area contributed by atoms with Crippen molar-refractivity contribution in [1.82, 2.24) is 0 Å². The number of hydrogen-bond donors (Lipinski definition) is 1. The van der Waals surface area contributed by atoms with Gasteiger partial charge >= 0.3 is 0 Å². The van der Waals surface area contributed by atoms with Gasteiger partial charge in [0.05, 0.1) is 30.2 Å². The van der Waals surface area contributed by atoms with Crippen LogP contribution in [0.1, 0.15) is 69.9 Å². The zero-order valence-corrected chi connectivity index (χ0v) is 18.6. The van der Waals surface area contributed by atoms with Crippen molar-refractivity contribution < 1.29 is 9.47 Å². The number of nitrogens with one attached hydrogen (secondary N) is 1. The van der Waals surface area contributed by atoms with E-state index in [0.29, 0.717) is 12.0 Å². The predicted molar refractivity (Wildman–Crippen MR) is 115 cm³/mol. The molecular weight excluding hydrogens is 388 g/mol. The third-order valence-corrected chi connectivity index (χ3v) is 7.06. The van der Waals surface area contributed by atoms with Gasteiger partial charge in [-0.05, 0) is 13.3 Å². The quantitative estimate of drug-likeness (QED) is 0.561. The number of unbranched alkanes of at least 4 members (excludes halogenated alkanes) is 5. The molecule has 1 aromatic rings. The molecule has 2 heterocycles. The first-order valence-corrected chi connectivity index (χ1v) is 11.1. The van der Waals surface area contributed by atoms with E-state index in [1.54, 1.807) is 6.92 Å². The number of hydrogen-bond acceptors (Lipinski definition) is 6. The Balaban J connectivity index is 2.02. The van der Waals surface area contributed by atoms with E-state index >= 15 is 0 Å². The zero-order chi connectivity index (χ0) is 22.7. The first-order chi connectivity index (χ1) is 14.9. The second-order valence-corrected chi connectivity index (χ2v) is 8.80. The number of ether oxygens (including phenoxy) is 2. The Bertz CT molecular complexity index is 938. The summed E-state index contributed by atoms with van der Waals surface area (Å²) in [7, 11) is 0. The zero-order valence-electron chi connectivity index (χ0n) is 18.6. The van der Waals surface area contributed by atoms with Crippen LogP contribution in [0.15, 0.2) is 24.3 Å². The largest absolute Gasteiger partial charge is 0.443 e. The monoisotopic (exact) mass is 418 g/mol. The fourth-order valence-electron chi connectivity index (χ4n) is 5.13. The van der Waals surface area contributed by atoms with Gasteiger partial charge in [-0.2, -0.15) is 15.8 Å². The number of nitrogens with zero attached hydrogens (tertiary/aromatic N) is 3. The van der Waals surface area contributed by atoms with Crippen molar-refractivity contribution in [2.45, 2.75) is 77.6 Å². The fourth-order valence-corrected chi connectivity index (χ4v) is 5.13. The summed E-state index contributed by atoms with van der Waals surface area (Å²) < 4.78 is 12.5. The third-order valence-electron chi connectivity index (χ3n) is 7.06. The summed E-state index contributed by atoms with van der Waals surface area (Å²) in [6.45, 7) is 5.89. The molecule has 4 atom stereocenters. The molecule has 31 heavy (non-hydrogen) atoms. The molecule has 6 nitrogen and oxygen atoms in total. The molecule has 0 aliphatic carbocycles. The maximum absolute atomic E-state index is 10.3. The van der Waals surface area contributed by atoms with Gasteiger partial charge in [0.15, 0.2) is 10.8 Å². The Kier molecular flexibility index (Phi) is 6.40. The van der Waals surface area contributed by atoms with Crippen molar-refractivity contribution in [1.29, 1.82) is 21.2 Å². The highest BCUT2D eigenvalue weighted by Gasteiger charge is 2.79. The molecule has 3 rings (SSSR count). The fraction of sp³-hybridized carbons (Fsp3) is 0.600. The number of aryl methyl sites for hydroxylation is 1. The lowest BCUT2D eigenvalue weighted by Crippen LogP contribution is -2.60. The van der Waals surface area contributed by atoms with E-state index in [-0.39, 0.29) is 5.90 Å². The Labute approximate surface area is 184 Å². The van der Waals surface area contributed by atoms with E-state index in [9.17, 15) is 15.8 Å². The van der Waals surface area contributed by atoms with Gasteiger partial charge in [0.25, 0.3) is 0 Å². The van der Waals surface area contributed by atoms with Gasteiger partial charge in [-0.15, -0.1) is 0 Å². The molecule has 2 saturated heterocycles. The van der Waals surface area contributed by atoms with Gasteiger partial charge < -0.3 is 9.47 Å². The van der Waals surface area contributed by atoms with Crippen LogP contribution >= 0.6 is 0 Å². The van der Waals surface area contributed by atoms with Gasteiger partial charge in [0, 0.05) is 5.56 Å². The summed E-state index contributed by atoms with van der Waals surface area (Å²) in [4.78, 5) is 0. The first-order valence-electron chi connectivity index (χ1n) is 11.1. The predicted octanol–water partition coefficient (Wildman–Crippen LogP) is 5.48. The lowest BCUT2D eigenvalue weighted by atomic mass is 9.53. The second kappa shape index (κ2) is 8.70.